The van der Waals surface area contributed by atoms with Gasteiger partial charge in [-0.05, 0) is 38.1 Å². The minimum atomic E-state index is 0.244. The summed E-state index contributed by atoms with van der Waals surface area (Å²) in [5.41, 5.74) is 3.56. The Hall–Kier alpha value is -1.65. The first-order valence-corrected chi connectivity index (χ1v) is 7.65. The highest BCUT2D eigenvalue weighted by Crippen LogP contribution is 2.17. The van der Waals surface area contributed by atoms with Crippen LogP contribution in [0.1, 0.15) is 24.0 Å². The van der Waals surface area contributed by atoms with Crippen molar-refractivity contribution < 1.29 is 4.74 Å². The van der Waals surface area contributed by atoms with Gasteiger partial charge in [0.15, 0.2) is 0 Å². The molecule has 0 aromatic carbocycles. The first-order valence-electron chi connectivity index (χ1n) is 7.65. The number of hydrogen-bond donors (Lipinski definition) is 0. The van der Waals surface area contributed by atoms with Crippen molar-refractivity contribution in [2.24, 2.45) is 0 Å². The molecule has 112 valence electrons. The van der Waals surface area contributed by atoms with E-state index in [1.54, 1.807) is 0 Å². The summed E-state index contributed by atoms with van der Waals surface area (Å²) in [5.74, 6) is 0. The molecule has 0 amide bonds. The van der Waals surface area contributed by atoms with Crippen LogP contribution in [0.4, 0.5) is 0 Å². The highest BCUT2D eigenvalue weighted by atomic mass is 16.5. The Kier molecular flexibility index (Phi) is 4.36. The molecule has 1 aliphatic rings. The average molecular weight is 285 g/mol. The van der Waals surface area contributed by atoms with Crippen molar-refractivity contribution >= 4 is 0 Å². The van der Waals surface area contributed by atoms with Crippen LogP contribution in [0.3, 0.4) is 0 Å². The van der Waals surface area contributed by atoms with Crippen molar-refractivity contribution in [3.63, 3.8) is 0 Å². The molecular formula is C17H23N3O. The molecule has 0 unspecified atom stereocenters. The van der Waals surface area contributed by atoms with Crippen LogP contribution in [0, 0.1) is 6.92 Å². The third kappa shape index (κ3) is 3.52. The van der Waals surface area contributed by atoms with E-state index in [4.69, 9.17) is 4.74 Å². The second-order valence-electron chi connectivity index (χ2n) is 5.67. The number of pyridine rings is 1. The predicted molar refractivity (Wildman–Crippen MR) is 82.9 cm³/mol. The summed E-state index contributed by atoms with van der Waals surface area (Å²) in [6, 6.07) is 10.5. The molecule has 0 radical (unpaired) electrons. The Morgan fingerprint density at radius 1 is 1.24 bits per heavy atom. The van der Waals surface area contributed by atoms with E-state index in [0.717, 1.165) is 44.2 Å². The van der Waals surface area contributed by atoms with E-state index in [1.807, 2.05) is 13.0 Å². The van der Waals surface area contributed by atoms with Crippen LogP contribution in [0.5, 0.6) is 0 Å². The van der Waals surface area contributed by atoms with Crippen LogP contribution >= 0.6 is 0 Å². The van der Waals surface area contributed by atoms with Crippen molar-refractivity contribution in [2.45, 2.75) is 39.6 Å². The highest BCUT2D eigenvalue weighted by molar-refractivity contribution is 5.12. The zero-order chi connectivity index (χ0) is 14.7. The summed E-state index contributed by atoms with van der Waals surface area (Å²) < 4.78 is 8.21. The Labute approximate surface area is 126 Å². The Morgan fingerprint density at radius 2 is 2.14 bits per heavy atom. The quantitative estimate of drug-likeness (QED) is 0.865. The van der Waals surface area contributed by atoms with Crippen molar-refractivity contribution in [3.05, 3.63) is 53.6 Å². The Morgan fingerprint density at radius 3 is 2.95 bits per heavy atom. The number of aryl methyl sites for hydroxylation is 1. The van der Waals surface area contributed by atoms with Crippen LogP contribution < -0.4 is 0 Å². The smallest absolute Gasteiger partial charge is 0.0880 e. The normalized spacial score (nSPS) is 19.2. The fourth-order valence-electron chi connectivity index (χ4n) is 3.01. The molecule has 0 aliphatic carbocycles. The molecule has 0 saturated carbocycles. The van der Waals surface area contributed by atoms with Gasteiger partial charge in [-0.3, -0.25) is 9.88 Å². The zero-order valence-electron chi connectivity index (χ0n) is 12.8. The van der Waals surface area contributed by atoms with Crippen LogP contribution in [0.15, 0.2) is 36.5 Å². The molecule has 3 heterocycles. The molecule has 4 nitrogen and oxygen atoms in total. The van der Waals surface area contributed by atoms with E-state index in [9.17, 15) is 0 Å². The van der Waals surface area contributed by atoms with Crippen LogP contribution in [-0.2, 0) is 24.4 Å². The first kappa shape index (κ1) is 14.3. The fourth-order valence-corrected chi connectivity index (χ4v) is 3.01. The van der Waals surface area contributed by atoms with Gasteiger partial charge in [0.05, 0.1) is 11.8 Å². The van der Waals surface area contributed by atoms with Gasteiger partial charge in [0, 0.05) is 50.4 Å². The molecule has 0 bridgehead atoms. The molecule has 4 heteroatoms. The van der Waals surface area contributed by atoms with Gasteiger partial charge in [-0.15, -0.1) is 0 Å². The second kappa shape index (κ2) is 6.41. The van der Waals surface area contributed by atoms with Gasteiger partial charge >= 0.3 is 0 Å². The second-order valence-corrected chi connectivity index (χ2v) is 5.67. The molecule has 1 atom stereocenters. The largest absolute Gasteiger partial charge is 0.375 e. The number of rotatable bonds is 4. The SMILES string of the molecule is CCO[C@@H]1CN(Cc2cccc(C)n2)Cc2cccn2C1. The molecule has 1 aliphatic heterocycles. The Balaban J connectivity index is 1.77. The van der Waals surface area contributed by atoms with E-state index in [-0.39, 0.29) is 6.10 Å². The molecule has 2 aromatic rings. The minimum Gasteiger partial charge on any atom is -0.375 e. The van der Waals surface area contributed by atoms with Crippen molar-refractivity contribution in [3.8, 4) is 0 Å². The maximum atomic E-state index is 5.90. The lowest BCUT2D eigenvalue weighted by Gasteiger charge is -2.23. The minimum absolute atomic E-state index is 0.244. The van der Waals surface area contributed by atoms with Gasteiger partial charge in [0.2, 0.25) is 0 Å². The van der Waals surface area contributed by atoms with E-state index < -0.39 is 0 Å². The molecule has 0 N–H and O–H groups in total. The molecule has 0 saturated heterocycles. The van der Waals surface area contributed by atoms with E-state index in [1.165, 1.54) is 5.69 Å². The van der Waals surface area contributed by atoms with Gasteiger partial charge in [-0.2, -0.15) is 0 Å². The summed E-state index contributed by atoms with van der Waals surface area (Å²) in [6.45, 7) is 8.58. The molecule has 3 rings (SSSR count). The van der Waals surface area contributed by atoms with Gasteiger partial charge in [0.1, 0.15) is 0 Å². The van der Waals surface area contributed by atoms with Gasteiger partial charge < -0.3 is 9.30 Å². The zero-order valence-corrected chi connectivity index (χ0v) is 12.8. The van der Waals surface area contributed by atoms with Crippen molar-refractivity contribution in [2.75, 3.05) is 13.2 Å². The van der Waals surface area contributed by atoms with Gasteiger partial charge in [-0.25, -0.2) is 0 Å². The highest BCUT2D eigenvalue weighted by Gasteiger charge is 2.22. The van der Waals surface area contributed by atoms with E-state index >= 15 is 0 Å². The van der Waals surface area contributed by atoms with Gasteiger partial charge in [-0.1, -0.05) is 6.07 Å². The molecule has 0 fully saturated rings. The molecule has 2 aromatic heterocycles. The molecule has 21 heavy (non-hydrogen) atoms. The molecular weight excluding hydrogens is 262 g/mol. The number of fused-ring (bicyclic) bond motifs is 1. The summed E-state index contributed by atoms with van der Waals surface area (Å²) >= 11 is 0. The van der Waals surface area contributed by atoms with Gasteiger partial charge in [0.25, 0.3) is 0 Å². The summed E-state index contributed by atoms with van der Waals surface area (Å²) in [5, 5.41) is 0. The van der Waals surface area contributed by atoms with Crippen molar-refractivity contribution in [1.82, 2.24) is 14.5 Å². The van der Waals surface area contributed by atoms with Crippen LogP contribution in [0.2, 0.25) is 0 Å². The topological polar surface area (TPSA) is 30.3 Å². The third-order valence-electron chi connectivity index (χ3n) is 3.91. The lowest BCUT2D eigenvalue weighted by atomic mass is 10.2. The third-order valence-corrected chi connectivity index (χ3v) is 3.91. The number of nitrogens with zero attached hydrogens (tertiary/aromatic N) is 3. The van der Waals surface area contributed by atoms with Crippen LogP contribution in [0.25, 0.3) is 0 Å². The summed E-state index contributed by atoms with van der Waals surface area (Å²) in [7, 11) is 0. The average Bonchev–Trinajstić information content (AvgIpc) is 2.79. The lowest BCUT2D eigenvalue weighted by molar-refractivity contribution is 0.0265. The van der Waals surface area contributed by atoms with E-state index in [0.29, 0.717) is 0 Å². The number of aromatic nitrogens is 2. The van der Waals surface area contributed by atoms with Crippen LogP contribution in [-0.4, -0.2) is 33.7 Å². The first-order chi connectivity index (χ1) is 10.2. The van der Waals surface area contributed by atoms with E-state index in [2.05, 4.69) is 51.8 Å². The summed E-state index contributed by atoms with van der Waals surface area (Å²) in [4.78, 5) is 7.05. The van der Waals surface area contributed by atoms with Crippen molar-refractivity contribution in [1.29, 1.82) is 0 Å². The predicted octanol–water partition coefficient (Wildman–Crippen LogP) is 2.61. The number of hydrogen-bond acceptors (Lipinski definition) is 3. The summed E-state index contributed by atoms with van der Waals surface area (Å²) in [6.07, 6.45) is 2.39. The maximum absolute atomic E-state index is 5.90. The number of ether oxygens (including phenoxy) is 1. The fraction of sp³-hybridized carbons (Fsp3) is 0.471. The lowest BCUT2D eigenvalue weighted by Crippen LogP contribution is -2.32. The standard InChI is InChI=1S/C17H23N3O/c1-3-21-17-12-19(10-15-7-4-6-14(2)18-15)11-16-8-5-9-20(16)13-17/h4-9,17H,3,10-13H2,1-2H3/t17-/m1/s1. The Bertz CT molecular complexity index is 593. The molecule has 0 spiro atoms. The maximum Gasteiger partial charge on any atom is 0.0880 e. The monoisotopic (exact) mass is 285 g/mol.